The van der Waals surface area contributed by atoms with Gasteiger partial charge in [0.05, 0.1) is 0 Å². The fourth-order valence-corrected chi connectivity index (χ4v) is 3.50. The highest BCUT2D eigenvalue weighted by molar-refractivity contribution is 5.86. The molecule has 0 unspecified atom stereocenters. The van der Waals surface area contributed by atoms with Crippen LogP contribution in [-0.2, 0) is 0 Å². The van der Waals surface area contributed by atoms with Gasteiger partial charge in [-0.2, -0.15) is 0 Å². The van der Waals surface area contributed by atoms with Crippen LogP contribution in [0.15, 0.2) is 24.3 Å². The van der Waals surface area contributed by atoms with Crippen LogP contribution in [0.5, 0.6) is 0 Å². The predicted octanol–water partition coefficient (Wildman–Crippen LogP) is 4.07. The summed E-state index contributed by atoms with van der Waals surface area (Å²) in [6, 6.07) is 9.27. The molecule has 5 heteroatoms. The summed E-state index contributed by atoms with van der Waals surface area (Å²) < 4.78 is 0. The lowest BCUT2D eigenvalue weighted by atomic mass is 9.97. The number of aromatic nitrogens is 1. The lowest BCUT2D eigenvalue weighted by Gasteiger charge is -2.35. The lowest BCUT2D eigenvalue weighted by Crippen LogP contribution is -2.45. The van der Waals surface area contributed by atoms with E-state index in [0.29, 0.717) is 6.04 Å². The zero-order valence-electron chi connectivity index (χ0n) is 13.4. The maximum Gasteiger partial charge on any atom is 0.0459 e. The van der Waals surface area contributed by atoms with Crippen molar-refractivity contribution in [2.24, 2.45) is 0 Å². The third-order valence-corrected chi connectivity index (χ3v) is 4.43. The molecule has 1 atom stereocenters. The molecule has 0 aliphatic carbocycles. The molecule has 0 spiro atoms. The minimum absolute atomic E-state index is 0. The molecule has 0 saturated carbocycles. The summed E-state index contributed by atoms with van der Waals surface area (Å²) in [5, 5.41) is 4.86. The Labute approximate surface area is 145 Å². The van der Waals surface area contributed by atoms with Crippen molar-refractivity contribution in [3.8, 4) is 0 Å². The van der Waals surface area contributed by atoms with E-state index in [1.54, 1.807) is 0 Å². The smallest absolute Gasteiger partial charge is 0.0459 e. The quantitative estimate of drug-likeness (QED) is 0.876. The molecule has 0 amide bonds. The van der Waals surface area contributed by atoms with Crippen molar-refractivity contribution in [1.29, 1.82) is 0 Å². The minimum atomic E-state index is 0. The van der Waals surface area contributed by atoms with E-state index in [2.05, 4.69) is 53.3 Å². The van der Waals surface area contributed by atoms with Gasteiger partial charge in [0.25, 0.3) is 0 Å². The number of hydrogen-bond donors (Lipinski definition) is 2. The molecule has 2 N–H and O–H groups in total. The Kier molecular flexibility index (Phi) is 7.70. The molecule has 1 aliphatic rings. The molecule has 124 valence electrons. The fraction of sp³-hybridized carbons (Fsp3) is 0.529. The first-order valence-electron chi connectivity index (χ1n) is 7.83. The first-order valence-corrected chi connectivity index (χ1v) is 7.83. The van der Waals surface area contributed by atoms with E-state index >= 15 is 0 Å². The molecule has 3 nitrogen and oxygen atoms in total. The number of rotatable bonds is 4. The Morgan fingerprint density at radius 3 is 2.50 bits per heavy atom. The molecule has 0 radical (unpaired) electrons. The molecule has 2 heterocycles. The summed E-state index contributed by atoms with van der Waals surface area (Å²) in [5.41, 5.74) is 4.13. The van der Waals surface area contributed by atoms with Crippen molar-refractivity contribution in [2.75, 3.05) is 26.2 Å². The van der Waals surface area contributed by atoms with Crippen molar-refractivity contribution in [1.82, 2.24) is 15.2 Å². The molecule has 1 aliphatic heterocycles. The van der Waals surface area contributed by atoms with Crippen LogP contribution in [0.4, 0.5) is 0 Å². The normalized spacial score (nSPS) is 16.8. The summed E-state index contributed by atoms with van der Waals surface area (Å²) in [7, 11) is 0. The molecule has 0 bridgehead atoms. The molecule has 22 heavy (non-hydrogen) atoms. The number of H-pyrrole nitrogens is 1. The van der Waals surface area contributed by atoms with E-state index in [0.717, 1.165) is 26.2 Å². The number of halogens is 2. The summed E-state index contributed by atoms with van der Waals surface area (Å²) in [6.45, 7) is 9.05. The highest BCUT2D eigenvalue weighted by atomic mass is 35.5. The second-order valence-electron chi connectivity index (χ2n) is 5.80. The number of piperazine rings is 1. The van der Waals surface area contributed by atoms with E-state index in [4.69, 9.17) is 0 Å². The van der Waals surface area contributed by atoms with Gasteiger partial charge >= 0.3 is 0 Å². The van der Waals surface area contributed by atoms with Crippen molar-refractivity contribution >= 4 is 35.7 Å². The first-order chi connectivity index (χ1) is 9.81. The van der Waals surface area contributed by atoms with Crippen molar-refractivity contribution in [2.45, 2.75) is 32.7 Å². The van der Waals surface area contributed by atoms with Crippen LogP contribution in [0, 0.1) is 6.92 Å². The fourth-order valence-electron chi connectivity index (χ4n) is 3.50. The molecule has 3 rings (SSSR count). The van der Waals surface area contributed by atoms with Crippen molar-refractivity contribution in [3.05, 3.63) is 35.5 Å². The monoisotopic (exact) mass is 343 g/mol. The van der Waals surface area contributed by atoms with Crippen LogP contribution in [-0.4, -0.2) is 36.1 Å². The maximum absolute atomic E-state index is 3.56. The number of para-hydroxylation sites is 1. The zero-order chi connectivity index (χ0) is 13.9. The number of benzene rings is 1. The Morgan fingerprint density at radius 2 is 1.82 bits per heavy atom. The Hall–Kier alpha value is -0.740. The van der Waals surface area contributed by atoms with E-state index in [9.17, 15) is 0 Å². The topological polar surface area (TPSA) is 31.1 Å². The third-order valence-electron chi connectivity index (χ3n) is 4.43. The Morgan fingerprint density at radius 1 is 1.14 bits per heavy atom. The molecular formula is C17H27Cl2N3. The lowest BCUT2D eigenvalue weighted by molar-refractivity contribution is 0.165. The SMILES string of the molecule is CCC[C@H](c1c(C)[nH]c2ccccc12)N1CCNCC1.Cl.Cl. The van der Waals surface area contributed by atoms with Crippen LogP contribution in [0.1, 0.15) is 37.1 Å². The van der Waals surface area contributed by atoms with Gasteiger partial charge in [0.15, 0.2) is 0 Å². The molecule has 1 saturated heterocycles. The summed E-state index contributed by atoms with van der Waals surface area (Å²) in [6.07, 6.45) is 2.47. The third kappa shape index (κ3) is 3.77. The summed E-state index contributed by atoms with van der Waals surface area (Å²) in [5.74, 6) is 0. The van der Waals surface area contributed by atoms with Gasteiger partial charge in [-0.1, -0.05) is 31.5 Å². The summed E-state index contributed by atoms with van der Waals surface area (Å²) >= 11 is 0. The minimum Gasteiger partial charge on any atom is -0.358 e. The number of aromatic amines is 1. The summed E-state index contributed by atoms with van der Waals surface area (Å²) in [4.78, 5) is 6.22. The Balaban J connectivity index is 0.00000121. The maximum atomic E-state index is 3.56. The van der Waals surface area contributed by atoms with Crippen LogP contribution in [0.3, 0.4) is 0 Å². The van der Waals surface area contributed by atoms with Crippen LogP contribution >= 0.6 is 24.8 Å². The van der Waals surface area contributed by atoms with Gasteiger partial charge < -0.3 is 10.3 Å². The van der Waals surface area contributed by atoms with E-state index in [1.807, 2.05) is 0 Å². The second-order valence-corrected chi connectivity index (χ2v) is 5.80. The van der Waals surface area contributed by atoms with E-state index in [-0.39, 0.29) is 24.8 Å². The molecular weight excluding hydrogens is 317 g/mol. The van der Waals surface area contributed by atoms with Gasteiger partial charge in [-0.25, -0.2) is 0 Å². The van der Waals surface area contributed by atoms with Crippen LogP contribution < -0.4 is 5.32 Å². The van der Waals surface area contributed by atoms with Gasteiger partial charge in [-0.15, -0.1) is 24.8 Å². The number of nitrogens with zero attached hydrogens (tertiary/aromatic N) is 1. The molecule has 1 aromatic carbocycles. The Bertz CT molecular complexity index is 576. The first kappa shape index (κ1) is 19.3. The van der Waals surface area contributed by atoms with Crippen LogP contribution in [0.2, 0.25) is 0 Å². The second kappa shape index (κ2) is 8.78. The standard InChI is InChI=1S/C17H25N3.2ClH/c1-3-6-16(20-11-9-18-10-12-20)17-13(2)19-15-8-5-4-7-14(15)17;;/h4-5,7-8,16,18-19H,3,6,9-12H2,1-2H3;2*1H/t16-;;/m1../s1. The van der Waals surface area contributed by atoms with E-state index < -0.39 is 0 Å². The average molecular weight is 344 g/mol. The van der Waals surface area contributed by atoms with Crippen molar-refractivity contribution in [3.63, 3.8) is 0 Å². The number of hydrogen-bond acceptors (Lipinski definition) is 2. The van der Waals surface area contributed by atoms with Gasteiger partial charge in [0, 0.05) is 48.8 Å². The average Bonchev–Trinajstić information content (AvgIpc) is 2.82. The molecule has 1 aromatic heterocycles. The zero-order valence-corrected chi connectivity index (χ0v) is 15.0. The van der Waals surface area contributed by atoms with Crippen LogP contribution in [0.25, 0.3) is 10.9 Å². The van der Waals surface area contributed by atoms with Gasteiger partial charge in [-0.3, -0.25) is 4.90 Å². The molecule has 1 fully saturated rings. The van der Waals surface area contributed by atoms with E-state index in [1.165, 1.54) is 35.0 Å². The number of fused-ring (bicyclic) bond motifs is 1. The number of nitrogens with one attached hydrogen (secondary N) is 2. The highest BCUT2D eigenvalue weighted by Gasteiger charge is 2.25. The van der Waals surface area contributed by atoms with Gasteiger partial charge in [0.1, 0.15) is 0 Å². The molecule has 2 aromatic rings. The highest BCUT2D eigenvalue weighted by Crippen LogP contribution is 2.34. The van der Waals surface area contributed by atoms with Crippen molar-refractivity contribution < 1.29 is 0 Å². The van der Waals surface area contributed by atoms with Gasteiger partial charge in [-0.05, 0) is 25.0 Å². The predicted molar refractivity (Wildman–Crippen MR) is 99.6 cm³/mol. The largest absolute Gasteiger partial charge is 0.358 e. The number of aryl methyl sites for hydroxylation is 1. The van der Waals surface area contributed by atoms with Gasteiger partial charge in [0.2, 0.25) is 0 Å².